The van der Waals surface area contributed by atoms with Crippen molar-refractivity contribution in [3.63, 3.8) is 0 Å². The van der Waals surface area contributed by atoms with Gasteiger partial charge in [0, 0.05) is 24.3 Å². The minimum Gasteiger partial charge on any atom is -0.378 e. The molecule has 0 aliphatic carbocycles. The second kappa shape index (κ2) is 7.82. The molecule has 1 aliphatic heterocycles. The lowest BCUT2D eigenvalue weighted by atomic mass is 10.1. The van der Waals surface area contributed by atoms with E-state index in [2.05, 4.69) is 17.2 Å². The number of nitrogens with one attached hydrogen (secondary N) is 1. The van der Waals surface area contributed by atoms with Gasteiger partial charge >= 0.3 is 0 Å². The van der Waals surface area contributed by atoms with Crippen LogP contribution in [0.4, 0.5) is 5.69 Å². The summed E-state index contributed by atoms with van der Waals surface area (Å²) < 4.78 is 5.52. The SMILES string of the molecule is Cc1cc(NC(=O)CCC2CCCO2)ccc1C#CCN. The van der Waals surface area contributed by atoms with E-state index in [1.165, 1.54) is 0 Å². The van der Waals surface area contributed by atoms with Gasteiger partial charge in [0.05, 0.1) is 12.6 Å². The van der Waals surface area contributed by atoms with Crippen LogP contribution in [0.15, 0.2) is 18.2 Å². The molecule has 1 aromatic rings. The first-order valence-corrected chi connectivity index (χ1v) is 7.40. The molecule has 1 heterocycles. The monoisotopic (exact) mass is 286 g/mol. The summed E-state index contributed by atoms with van der Waals surface area (Å²) in [5.74, 6) is 5.88. The average molecular weight is 286 g/mol. The van der Waals surface area contributed by atoms with Crippen LogP contribution in [0.25, 0.3) is 0 Å². The normalized spacial score (nSPS) is 17.1. The molecule has 1 saturated heterocycles. The zero-order valence-electron chi connectivity index (χ0n) is 12.4. The van der Waals surface area contributed by atoms with Gasteiger partial charge in [-0.05, 0) is 49.9 Å². The number of anilines is 1. The van der Waals surface area contributed by atoms with Crippen LogP contribution in [-0.4, -0.2) is 25.2 Å². The lowest BCUT2D eigenvalue weighted by Gasteiger charge is -2.10. The Balaban J connectivity index is 1.87. The van der Waals surface area contributed by atoms with E-state index >= 15 is 0 Å². The van der Waals surface area contributed by atoms with Crippen molar-refractivity contribution in [1.29, 1.82) is 0 Å². The number of hydrogen-bond acceptors (Lipinski definition) is 3. The highest BCUT2D eigenvalue weighted by Crippen LogP contribution is 2.18. The average Bonchev–Trinajstić information content (AvgIpc) is 2.98. The largest absolute Gasteiger partial charge is 0.378 e. The number of aryl methyl sites for hydroxylation is 1. The first-order chi connectivity index (χ1) is 10.2. The van der Waals surface area contributed by atoms with Gasteiger partial charge in [0.25, 0.3) is 0 Å². The molecule has 4 nitrogen and oxygen atoms in total. The van der Waals surface area contributed by atoms with Crippen molar-refractivity contribution in [2.75, 3.05) is 18.5 Å². The molecule has 4 heteroatoms. The maximum Gasteiger partial charge on any atom is 0.224 e. The molecule has 0 saturated carbocycles. The summed E-state index contributed by atoms with van der Waals surface area (Å²) in [6.07, 6.45) is 3.73. The van der Waals surface area contributed by atoms with Crippen molar-refractivity contribution >= 4 is 11.6 Å². The van der Waals surface area contributed by atoms with Gasteiger partial charge in [-0.3, -0.25) is 4.79 Å². The van der Waals surface area contributed by atoms with Gasteiger partial charge in [0.15, 0.2) is 0 Å². The number of hydrogen-bond donors (Lipinski definition) is 2. The third-order valence-corrected chi connectivity index (χ3v) is 3.55. The number of amides is 1. The van der Waals surface area contributed by atoms with Gasteiger partial charge in [0.1, 0.15) is 0 Å². The Morgan fingerprint density at radius 2 is 2.38 bits per heavy atom. The molecule has 1 amide bonds. The Hall–Kier alpha value is -1.83. The highest BCUT2D eigenvalue weighted by Gasteiger charge is 2.16. The van der Waals surface area contributed by atoms with Crippen LogP contribution in [0.5, 0.6) is 0 Å². The molecule has 112 valence electrons. The number of carbonyl (C=O) groups is 1. The lowest BCUT2D eigenvalue weighted by Crippen LogP contribution is -2.15. The molecule has 21 heavy (non-hydrogen) atoms. The fourth-order valence-electron chi connectivity index (χ4n) is 2.42. The zero-order chi connectivity index (χ0) is 15.1. The molecule has 0 bridgehead atoms. The lowest BCUT2D eigenvalue weighted by molar-refractivity contribution is -0.116. The Morgan fingerprint density at radius 1 is 1.52 bits per heavy atom. The predicted molar refractivity (Wildman–Crippen MR) is 83.9 cm³/mol. The Bertz CT molecular complexity index is 552. The molecule has 0 radical (unpaired) electrons. The molecule has 0 aromatic heterocycles. The Kier molecular flexibility index (Phi) is 5.79. The van der Waals surface area contributed by atoms with Gasteiger partial charge in [-0.1, -0.05) is 11.8 Å². The van der Waals surface area contributed by atoms with E-state index < -0.39 is 0 Å². The second-order valence-electron chi connectivity index (χ2n) is 5.26. The fourth-order valence-corrected chi connectivity index (χ4v) is 2.42. The molecule has 0 spiro atoms. The van der Waals surface area contributed by atoms with Crippen molar-refractivity contribution in [3.05, 3.63) is 29.3 Å². The number of rotatable bonds is 4. The molecule has 1 fully saturated rings. The van der Waals surface area contributed by atoms with Gasteiger partial charge < -0.3 is 15.8 Å². The van der Waals surface area contributed by atoms with E-state index in [9.17, 15) is 4.79 Å². The Morgan fingerprint density at radius 3 is 3.05 bits per heavy atom. The highest BCUT2D eigenvalue weighted by atomic mass is 16.5. The zero-order valence-corrected chi connectivity index (χ0v) is 12.4. The Labute approximate surface area is 126 Å². The summed E-state index contributed by atoms with van der Waals surface area (Å²) in [5.41, 5.74) is 8.15. The number of benzene rings is 1. The van der Waals surface area contributed by atoms with Gasteiger partial charge in [-0.2, -0.15) is 0 Å². The molecule has 3 N–H and O–H groups in total. The summed E-state index contributed by atoms with van der Waals surface area (Å²) in [6, 6.07) is 5.72. The summed E-state index contributed by atoms with van der Waals surface area (Å²) >= 11 is 0. The third-order valence-electron chi connectivity index (χ3n) is 3.55. The van der Waals surface area contributed by atoms with Crippen LogP contribution in [0.1, 0.15) is 36.8 Å². The fraction of sp³-hybridized carbons (Fsp3) is 0.471. The number of carbonyl (C=O) groups excluding carboxylic acids is 1. The predicted octanol–water partition coefficient (Wildman–Crippen LogP) is 2.20. The van der Waals surface area contributed by atoms with E-state index in [-0.39, 0.29) is 12.0 Å². The summed E-state index contributed by atoms with van der Waals surface area (Å²) in [7, 11) is 0. The van der Waals surface area contributed by atoms with Gasteiger partial charge in [-0.15, -0.1) is 0 Å². The minimum atomic E-state index is 0.0330. The smallest absolute Gasteiger partial charge is 0.224 e. The summed E-state index contributed by atoms with van der Waals surface area (Å²) in [4.78, 5) is 11.9. The first-order valence-electron chi connectivity index (χ1n) is 7.40. The van der Waals surface area contributed by atoms with Crippen LogP contribution in [0, 0.1) is 18.8 Å². The van der Waals surface area contributed by atoms with Crippen LogP contribution in [0.3, 0.4) is 0 Å². The third kappa shape index (κ3) is 4.89. The van der Waals surface area contributed by atoms with Gasteiger partial charge in [0.2, 0.25) is 5.91 Å². The van der Waals surface area contributed by atoms with E-state index in [0.717, 1.165) is 42.7 Å². The van der Waals surface area contributed by atoms with Crippen LogP contribution >= 0.6 is 0 Å². The molecule has 1 unspecified atom stereocenters. The van der Waals surface area contributed by atoms with Crippen molar-refractivity contribution in [2.24, 2.45) is 5.73 Å². The summed E-state index contributed by atoms with van der Waals surface area (Å²) in [5, 5.41) is 2.92. The topological polar surface area (TPSA) is 64.3 Å². The maximum atomic E-state index is 11.9. The summed E-state index contributed by atoms with van der Waals surface area (Å²) in [6.45, 7) is 3.15. The van der Waals surface area contributed by atoms with E-state index in [4.69, 9.17) is 10.5 Å². The molecular weight excluding hydrogens is 264 g/mol. The molecule has 1 aromatic carbocycles. The first kappa shape index (κ1) is 15.6. The van der Waals surface area contributed by atoms with Crippen molar-refractivity contribution in [1.82, 2.24) is 0 Å². The van der Waals surface area contributed by atoms with E-state index in [0.29, 0.717) is 13.0 Å². The minimum absolute atomic E-state index is 0.0330. The molecular formula is C17H22N2O2. The molecule has 1 aliphatic rings. The maximum absolute atomic E-state index is 11.9. The molecule has 2 rings (SSSR count). The highest BCUT2D eigenvalue weighted by molar-refractivity contribution is 5.90. The number of nitrogens with two attached hydrogens (primary N) is 1. The van der Waals surface area contributed by atoms with Crippen molar-refractivity contribution in [2.45, 2.75) is 38.7 Å². The van der Waals surface area contributed by atoms with E-state index in [1.54, 1.807) is 0 Å². The van der Waals surface area contributed by atoms with Crippen molar-refractivity contribution < 1.29 is 9.53 Å². The van der Waals surface area contributed by atoms with E-state index in [1.807, 2.05) is 25.1 Å². The number of ether oxygens (including phenoxy) is 1. The van der Waals surface area contributed by atoms with Crippen molar-refractivity contribution in [3.8, 4) is 11.8 Å². The van der Waals surface area contributed by atoms with Crippen LogP contribution in [-0.2, 0) is 9.53 Å². The second-order valence-corrected chi connectivity index (χ2v) is 5.26. The van der Waals surface area contributed by atoms with Gasteiger partial charge in [-0.25, -0.2) is 0 Å². The molecule has 1 atom stereocenters. The standard InChI is InChI=1S/C17H22N2O2/c1-13-12-15(7-6-14(13)4-2-10-18)19-17(20)9-8-16-5-3-11-21-16/h6-7,12,16H,3,5,8-11,18H2,1H3,(H,19,20). The quantitative estimate of drug-likeness (QED) is 0.834. The van der Waals surface area contributed by atoms with Crippen LogP contribution in [0.2, 0.25) is 0 Å². The van der Waals surface area contributed by atoms with Crippen LogP contribution < -0.4 is 11.1 Å².